The van der Waals surface area contributed by atoms with Gasteiger partial charge in [0.2, 0.25) is 0 Å². The smallest absolute Gasteiger partial charge is 0.337 e. The van der Waals surface area contributed by atoms with Gasteiger partial charge in [0.15, 0.2) is 0 Å². The van der Waals surface area contributed by atoms with Gasteiger partial charge >= 0.3 is 5.97 Å². The Hall–Kier alpha value is -2.20. The zero-order valence-electron chi connectivity index (χ0n) is 11.8. The summed E-state index contributed by atoms with van der Waals surface area (Å²) < 4.78 is 5.33. The minimum absolute atomic E-state index is 0.0380. The van der Waals surface area contributed by atoms with E-state index in [1.807, 2.05) is 31.2 Å². The van der Waals surface area contributed by atoms with E-state index in [2.05, 4.69) is 5.32 Å². The number of hydrogen-bond donors (Lipinski definition) is 2. The van der Waals surface area contributed by atoms with Crippen LogP contribution in [0.3, 0.4) is 0 Å². The molecule has 2 aromatic rings. The van der Waals surface area contributed by atoms with Crippen LogP contribution in [0.25, 0.3) is 0 Å². The molecule has 0 bridgehead atoms. The molecule has 0 spiro atoms. The molecule has 21 heavy (non-hydrogen) atoms. The van der Waals surface area contributed by atoms with Gasteiger partial charge in [0.05, 0.1) is 23.7 Å². The van der Waals surface area contributed by atoms with E-state index in [1.54, 1.807) is 19.2 Å². The Bertz CT molecular complexity index is 658. The fraction of sp³-hybridized carbons (Fsp3) is 0.188. The lowest BCUT2D eigenvalue weighted by molar-refractivity contribution is 0.0697. The van der Waals surface area contributed by atoms with Crippen LogP contribution in [0.2, 0.25) is 5.02 Å². The summed E-state index contributed by atoms with van der Waals surface area (Å²) in [7, 11) is 1.62. The molecule has 0 saturated heterocycles. The van der Waals surface area contributed by atoms with Gasteiger partial charge in [-0.05, 0) is 31.2 Å². The average Bonchev–Trinajstić information content (AvgIpc) is 2.48. The van der Waals surface area contributed by atoms with Crippen LogP contribution in [0.1, 0.15) is 28.9 Å². The van der Waals surface area contributed by atoms with Crippen molar-refractivity contribution in [2.75, 3.05) is 12.4 Å². The minimum atomic E-state index is -1.05. The average molecular weight is 306 g/mol. The highest BCUT2D eigenvalue weighted by Gasteiger charge is 2.13. The van der Waals surface area contributed by atoms with Crippen molar-refractivity contribution in [1.82, 2.24) is 0 Å². The molecule has 1 atom stereocenters. The second-order valence-electron chi connectivity index (χ2n) is 4.61. The number of anilines is 1. The van der Waals surface area contributed by atoms with E-state index in [1.165, 1.54) is 6.07 Å². The summed E-state index contributed by atoms with van der Waals surface area (Å²) in [4.78, 5) is 11.1. The van der Waals surface area contributed by atoms with E-state index in [-0.39, 0.29) is 16.6 Å². The quantitative estimate of drug-likeness (QED) is 0.868. The number of hydrogen-bond acceptors (Lipinski definition) is 3. The highest BCUT2D eigenvalue weighted by molar-refractivity contribution is 6.33. The number of benzene rings is 2. The second kappa shape index (κ2) is 6.50. The van der Waals surface area contributed by atoms with Crippen LogP contribution in [0.4, 0.5) is 5.69 Å². The second-order valence-corrected chi connectivity index (χ2v) is 5.01. The van der Waals surface area contributed by atoms with Crippen LogP contribution in [0, 0.1) is 0 Å². The summed E-state index contributed by atoms with van der Waals surface area (Å²) in [6.45, 7) is 1.98. The van der Waals surface area contributed by atoms with Crippen LogP contribution in [0.5, 0.6) is 5.75 Å². The molecule has 2 aromatic carbocycles. The highest BCUT2D eigenvalue weighted by Crippen LogP contribution is 2.28. The van der Waals surface area contributed by atoms with E-state index in [4.69, 9.17) is 21.4 Å². The Labute approximate surface area is 128 Å². The highest BCUT2D eigenvalue weighted by atomic mass is 35.5. The Morgan fingerprint density at radius 1 is 1.29 bits per heavy atom. The molecular weight excluding hydrogens is 290 g/mol. The summed E-state index contributed by atoms with van der Waals surface area (Å²) in [6.07, 6.45) is 0. The lowest BCUT2D eigenvalue weighted by Crippen LogP contribution is -2.09. The van der Waals surface area contributed by atoms with Crippen molar-refractivity contribution in [3.8, 4) is 5.75 Å². The van der Waals surface area contributed by atoms with Crippen molar-refractivity contribution < 1.29 is 14.6 Å². The van der Waals surface area contributed by atoms with Gasteiger partial charge < -0.3 is 15.2 Å². The molecule has 0 amide bonds. The maximum atomic E-state index is 11.1. The first-order valence-electron chi connectivity index (χ1n) is 6.45. The number of carboxylic acids is 1. The predicted molar refractivity (Wildman–Crippen MR) is 83.4 cm³/mol. The SMILES string of the molecule is COc1ccccc1C(C)Nc1ccc(Cl)c(C(=O)O)c1. The lowest BCUT2D eigenvalue weighted by Gasteiger charge is -2.18. The standard InChI is InChI=1S/C16H16ClNO3/c1-10(12-5-3-4-6-15(12)21-2)18-11-7-8-14(17)13(9-11)16(19)20/h3-10,18H,1-2H3,(H,19,20). The van der Waals surface area contributed by atoms with Crippen LogP contribution < -0.4 is 10.1 Å². The molecule has 2 N–H and O–H groups in total. The summed E-state index contributed by atoms with van der Waals surface area (Å²) in [5, 5.41) is 12.6. The first-order chi connectivity index (χ1) is 10.0. The Morgan fingerprint density at radius 2 is 2.00 bits per heavy atom. The minimum Gasteiger partial charge on any atom is -0.496 e. The zero-order valence-corrected chi connectivity index (χ0v) is 12.5. The van der Waals surface area contributed by atoms with Gasteiger partial charge in [-0.2, -0.15) is 0 Å². The van der Waals surface area contributed by atoms with Gasteiger partial charge in [-0.1, -0.05) is 29.8 Å². The van der Waals surface area contributed by atoms with Gasteiger partial charge in [-0.3, -0.25) is 0 Å². The summed E-state index contributed by atoms with van der Waals surface area (Å²) in [5.41, 5.74) is 1.76. The normalized spacial score (nSPS) is 11.8. The Morgan fingerprint density at radius 3 is 2.67 bits per heavy atom. The van der Waals surface area contributed by atoms with Crippen molar-refractivity contribution >= 4 is 23.3 Å². The van der Waals surface area contributed by atoms with Crippen molar-refractivity contribution in [2.24, 2.45) is 0 Å². The number of carboxylic acid groups (broad SMARTS) is 1. The van der Waals surface area contributed by atoms with Crippen molar-refractivity contribution in [3.63, 3.8) is 0 Å². The van der Waals surface area contributed by atoms with Crippen molar-refractivity contribution in [1.29, 1.82) is 0 Å². The lowest BCUT2D eigenvalue weighted by atomic mass is 10.1. The molecule has 2 rings (SSSR count). The molecule has 0 aliphatic heterocycles. The van der Waals surface area contributed by atoms with Gasteiger partial charge in [0, 0.05) is 11.3 Å². The maximum Gasteiger partial charge on any atom is 0.337 e. The molecule has 0 aliphatic rings. The third kappa shape index (κ3) is 3.47. The zero-order chi connectivity index (χ0) is 15.4. The maximum absolute atomic E-state index is 11.1. The number of ether oxygens (including phenoxy) is 1. The van der Waals surface area contributed by atoms with E-state index in [0.717, 1.165) is 11.3 Å². The Balaban J connectivity index is 2.25. The number of para-hydroxylation sites is 1. The van der Waals surface area contributed by atoms with Gasteiger partial charge in [-0.25, -0.2) is 4.79 Å². The first kappa shape index (κ1) is 15.2. The topological polar surface area (TPSA) is 58.6 Å². The van der Waals surface area contributed by atoms with Crippen molar-refractivity contribution in [2.45, 2.75) is 13.0 Å². The largest absolute Gasteiger partial charge is 0.496 e. The number of rotatable bonds is 5. The molecule has 110 valence electrons. The summed E-state index contributed by atoms with van der Waals surface area (Å²) in [6, 6.07) is 12.5. The molecule has 4 nitrogen and oxygen atoms in total. The molecular formula is C16H16ClNO3. The van der Waals surface area contributed by atoms with Gasteiger partial charge in [0.1, 0.15) is 5.75 Å². The number of halogens is 1. The molecule has 0 fully saturated rings. The first-order valence-corrected chi connectivity index (χ1v) is 6.83. The van der Waals surface area contributed by atoms with Crippen LogP contribution in [-0.4, -0.2) is 18.2 Å². The molecule has 0 heterocycles. The molecule has 0 saturated carbocycles. The summed E-state index contributed by atoms with van der Waals surface area (Å²) in [5.74, 6) is -0.265. The molecule has 1 unspecified atom stereocenters. The van der Waals surface area contributed by atoms with E-state index in [0.29, 0.717) is 5.69 Å². The predicted octanol–water partition coefficient (Wildman–Crippen LogP) is 4.22. The number of aromatic carboxylic acids is 1. The fourth-order valence-electron chi connectivity index (χ4n) is 2.13. The fourth-order valence-corrected chi connectivity index (χ4v) is 2.33. The molecule has 0 aromatic heterocycles. The Kier molecular flexibility index (Phi) is 4.70. The van der Waals surface area contributed by atoms with Gasteiger partial charge in [0.25, 0.3) is 0 Å². The van der Waals surface area contributed by atoms with Crippen molar-refractivity contribution in [3.05, 3.63) is 58.6 Å². The monoisotopic (exact) mass is 305 g/mol. The molecule has 5 heteroatoms. The summed E-state index contributed by atoms with van der Waals surface area (Å²) >= 11 is 5.86. The molecule has 0 radical (unpaired) electrons. The number of carbonyl (C=O) groups is 1. The van der Waals surface area contributed by atoms with E-state index < -0.39 is 5.97 Å². The third-order valence-corrected chi connectivity index (χ3v) is 3.51. The third-order valence-electron chi connectivity index (χ3n) is 3.19. The van der Waals surface area contributed by atoms with Gasteiger partial charge in [-0.15, -0.1) is 0 Å². The van der Waals surface area contributed by atoms with E-state index in [9.17, 15) is 4.79 Å². The van der Waals surface area contributed by atoms with Crippen LogP contribution in [0.15, 0.2) is 42.5 Å². The van der Waals surface area contributed by atoms with E-state index >= 15 is 0 Å². The van der Waals surface area contributed by atoms with Crippen LogP contribution in [-0.2, 0) is 0 Å². The molecule has 0 aliphatic carbocycles. The van der Waals surface area contributed by atoms with Crippen LogP contribution >= 0.6 is 11.6 Å². The number of nitrogens with one attached hydrogen (secondary N) is 1. The number of methoxy groups -OCH3 is 1.